The van der Waals surface area contributed by atoms with Gasteiger partial charge in [-0.05, 0) is 6.07 Å². The molecule has 1 aromatic heterocycles. The van der Waals surface area contributed by atoms with E-state index in [-0.39, 0.29) is 6.42 Å². The van der Waals surface area contributed by atoms with E-state index in [0.717, 1.165) is 0 Å². The van der Waals surface area contributed by atoms with Crippen LogP contribution in [-0.4, -0.2) is 12.1 Å². The maximum Gasteiger partial charge on any atom is 0.229 e. The Kier molecular flexibility index (Phi) is 3.79. The summed E-state index contributed by atoms with van der Waals surface area (Å²) in [5.74, 6) is 5.84. The van der Waals surface area contributed by atoms with Crippen LogP contribution in [0.5, 0.6) is 5.88 Å². The van der Waals surface area contributed by atoms with Crippen molar-refractivity contribution in [3.05, 3.63) is 22.8 Å². The summed E-state index contributed by atoms with van der Waals surface area (Å²) in [4.78, 5) is 3.94. The van der Waals surface area contributed by atoms with Gasteiger partial charge in [-0.25, -0.2) is 4.98 Å². The number of methoxy groups -OCH3 is 1. The van der Waals surface area contributed by atoms with Crippen molar-refractivity contribution in [2.75, 3.05) is 7.11 Å². The smallest absolute Gasteiger partial charge is 0.229 e. The third-order valence-electron chi connectivity index (χ3n) is 1.40. The van der Waals surface area contributed by atoms with E-state index >= 15 is 0 Å². The first-order chi connectivity index (χ1) is 6.77. The molecule has 0 spiro atoms. The summed E-state index contributed by atoms with van der Waals surface area (Å²) in [6, 6.07) is 3.57. The summed E-state index contributed by atoms with van der Waals surface area (Å²) in [7, 11) is 1.51. The molecule has 14 heavy (non-hydrogen) atoms. The summed E-state index contributed by atoms with van der Waals surface area (Å²) < 4.78 is 4.98. The Hall–Kier alpha value is -1.71. The van der Waals surface area contributed by atoms with Crippen LogP contribution < -0.4 is 4.74 Å². The number of aromatic nitrogens is 1. The number of pyridine rings is 1. The van der Waals surface area contributed by atoms with Gasteiger partial charge in [0.05, 0.1) is 30.2 Å². The molecular weight excluding hydrogens is 200 g/mol. The molecule has 3 nitrogen and oxygen atoms in total. The Bertz CT molecular complexity index is 426. The van der Waals surface area contributed by atoms with Gasteiger partial charge in [0.2, 0.25) is 5.88 Å². The van der Waals surface area contributed by atoms with Crippen molar-refractivity contribution in [3.8, 4) is 23.8 Å². The maximum absolute atomic E-state index is 8.30. The van der Waals surface area contributed by atoms with Crippen molar-refractivity contribution in [1.29, 1.82) is 5.26 Å². The molecule has 0 atom stereocenters. The first-order valence-corrected chi connectivity index (χ1v) is 4.21. The number of nitrogens with zero attached hydrogens (tertiary/aromatic N) is 2. The number of hydrogen-bond acceptors (Lipinski definition) is 3. The van der Waals surface area contributed by atoms with Crippen LogP contribution in [-0.2, 0) is 0 Å². The second kappa shape index (κ2) is 5.11. The van der Waals surface area contributed by atoms with E-state index in [2.05, 4.69) is 16.8 Å². The second-order valence-corrected chi connectivity index (χ2v) is 2.78. The van der Waals surface area contributed by atoms with Crippen LogP contribution in [0.4, 0.5) is 0 Å². The van der Waals surface area contributed by atoms with Crippen LogP contribution in [0.15, 0.2) is 12.3 Å². The van der Waals surface area contributed by atoms with Crippen molar-refractivity contribution >= 4 is 11.6 Å². The average molecular weight is 207 g/mol. The molecule has 0 aliphatic heterocycles. The molecule has 1 heterocycles. The zero-order valence-electron chi connectivity index (χ0n) is 7.54. The zero-order valence-corrected chi connectivity index (χ0v) is 8.30. The van der Waals surface area contributed by atoms with Crippen molar-refractivity contribution < 1.29 is 4.74 Å². The molecule has 70 valence electrons. The van der Waals surface area contributed by atoms with E-state index in [9.17, 15) is 0 Å². The summed E-state index contributed by atoms with van der Waals surface area (Å²) >= 11 is 5.74. The van der Waals surface area contributed by atoms with Gasteiger partial charge >= 0.3 is 0 Å². The molecule has 0 saturated carbocycles. The standard InChI is InChI=1S/C10H7ClN2O/c1-14-10-8(4-2-3-5-12)6-9(11)7-13-10/h6-7H,3H2,1H3. The van der Waals surface area contributed by atoms with Gasteiger partial charge in [-0.1, -0.05) is 23.4 Å². The SMILES string of the molecule is COc1ncc(Cl)cc1C#CCC#N. The van der Waals surface area contributed by atoms with Crippen LogP contribution in [0.3, 0.4) is 0 Å². The summed E-state index contributed by atoms with van der Waals surface area (Å²) in [6.07, 6.45) is 1.66. The molecule has 0 amide bonds. The van der Waals surface area contributed by atoms with Crippen molar-refractivity contribution in [2.24, 2.45) is 0 Å². The van der Waals surface area contributed by atoms with Crippen molar-refractivity contribution in [3.63, 3.8) is 0 Å². The van der Waals surface area contributed by atoms with Gasteiger partial charge in [0.1, 0.15) is 0 Å². The minimum Gasteiger partial charge on any atom is -0.480 e. The lowest BCUT2D eigenvalue weighted by molar-refractivity contribution is 0.396. The number of hydrogen-bond donors (Lipinski definition) is 0. The molecule has 0 aliphatic rings. The molecular formula is C10H7ClN2O. The van der Waals surface area contributed by atoms with Gasteiger partial charge in [-0.2, -0.15) is 5.26 Å². The Morgan fingerprint density at radius 2 is 2.43 bits per heavy atom. The quantitative estimate of drug-likeness (QED) is 0.661. The molecule has 0 saturated heterocycles. The molecule has 0 N–H and O–H groups in total. The lowest BCUT2D eigenvalue weighted by atomic mass is 10.2. The fraction of sp³-hybridized carbons (Fsp3) is 0.200. The molecule has 0 radical (unpaired) electrons. The highest BCUT2D eigenvalue weighted by molar-refractivity contribution is 6.30. The Morgan fingerprint density at radius 3 is 3.07 bits per heavy atom. The molecule has 1 rings (SSSR count). The lowest BCUT2D eigenvalue weighted by Crippen LogP contribution is -1.91. The van der Waals surface area contributed by atoms with Gasteiger partial charge in [-0.3, -0.25) is 0 Å². The molecule has 0 aromatic carbocycles. The van der Waals surface area contributed by atoms with Crippen LogP contribution in [0, 0.1) is 23.2 Å². The first-order valence-electron chi connectivity index (χ1n) is 3.83. The summed E-state index contributed by atoms with van der Waals surface area (Å²) in [5.41, 5.74) is 0.593. The second-order valence-electron chi connectivity index (χ2n) is 2.35. The van der Waals surface area contributed by atoms with Gasteiger partial charge in [0.25, 0.3) is 0 Å². The van der Waals surface area contributed by atoms with E-state index in [1.54, 1.807) is 6.07 Å². The average Bonchev–Trinajstić information content (AvgIpc) is 2.19. The third-order valence-corrected chi connectivity index (χ3v) is 1.61. The Labute approximate surface area is 87.3 Å². The topological polar surface area (TPSA) is 45.9 Å². The van der Waals surface area contributed by atoms with Crippen molar-refractivity contribution in [2.45, 2.75) is 6.42 Å². The van der Waals surface area contributed by atoms with Gasteiger partial charge < -0.3 is 4.74 Å². The number of ether oxygens (including phenoxy) is 1. The van der Waals surface area contributed by atoms with E-state index in [0.29, 0.717) is 16.5 Å². The van der Waals surface area contributed by atoms with E-state index in [1.807, 2.05) is 6.07 Å². The maximum atomic E-state index is 8.30. The van der Waals surface area contributed by atoms with Crippen LogP contribution in [0.1, 0.15) is 12.0 Å². The van der Waals surface area contributed by atoms with Crippen LogP contribution in [0.25, 0.3) is 0 Å². The summed E-state index contributed by atoms with van der Waals surface area (Å²) in [6.45, 7) is 0. The molecule has 0 fully saturated rings. The van der Waals surface area contributed by atoms with E-state index in [1.165, 1.54) is 13.3 Å². The minimum absolute atomic E-state index is 0.176. The van der Waals surface area contributed by atoms with Crippen LogP contribution >= 0.6 is 11.6 Å². The molecule has 4 heteroatoms. The molecule has 0 aliphatic carbocycles. The predicted octanol–water partition coefficient (Wildman–Crippen LogP) is 2.01. The fourth-order valence-electron chi connectivity index (χ4n) is 0.858. The number of nitriles is 1. The molecule has 0 bridgehead atoms. The van der Waals surface area contributed by atoms with Crippen LogP contribution in [0.2, 0.25) is 5.02 Å². The molecule has 1 aromatic rings. The van der Waals surface area contributed by atoms with Gasteiger partial charge in [-0.15, -0.1) is 0 Å². The fourth-order valence-corrected chi connectivity index (χ4v) is 1.02. The highest BCUT2D eigenvalue weighted by atomic mass is 35.5. The zero-order chi connectivity index (χ0) is 10.4. The molecule has 0 unspecified atom stereocenters. The number of halogens is 1. The monoisotopic (exact) mass is 206 g/mol. The highest BCUT2D eigenvalue weighted by Gasteiger charge is 2.01. The van der Waals surface area contributed by atoms with Gasteiger partial charge in [0.15, 0.2) is 0 Å². The predicted molar refractivity (Wildman–Crippen MR) is 52.9 cm³/mol. The van der Waals surface area contributed by atoms with E-state index in [4.69, 9.17) is 21.6 Å². The Morgan fingerprint density at radius 1 is 1.64 bits per heavy atom. The third kappa shape index (κ3) is 2.65. The Balaban J connectivity index is 3.02. The normalized spacial score (nSPS) is 8.36. The highest BCUT2D eigenvalue weighted by Crippen LogP contribution is 2.17. The van der Waals surface area contributed by atoms with Crippen molar-refractivity contribution in [1.82, 2.24) is 4.98 Å². The minimum atomic E-state index is 0.176. The van der Waals surface area contributed by atoms with E-state index < -0.39 is 0 Å². The van der Waals surface area contributed by atoms with Gasteiger partial charge in [0, 0.05) is 6.20 Å². The largest absolute Gasteiger partial charge is 0.480 e. The lowest BCUT2D eigenvalue weighted by Gasteiger charge is -2.00. The first kappa shape index (κ1) is 10.4. The number of rotatable bonds is 1. The summed E-state index contributed by atoms with van der Waals surface area (Å²) in [5, 5.41) is 8.79.